The summed E-state index contributed by atoms with van der Waals surface area (Å²) in [5, 5.41) is 10.2. The molecule has 2 amide bonds. The van der Waals surface area contributed by atoms with Crippen LogP contribution in [0.4, 0.5) is 4.79 Å². The van der Waals surface area contributed by atoms with Gasteiger partial charge < -0.3 is 10.6 Å². The van der Waals surface area contributed by atoms with E-state index < -0.39 is 0 Å². The molecule has 2 N–H and O–H groups in total. The molecular weight excluding hydrogens is 228 g/mol. The number of urea groups is 1. The van der Waals surface area contributed by atoms with E-state index in [0.29, 0.717) is 6.54 Å². The molecule has 1 aromatic rings. The number of aromatic nitrogens is 2. The molecule has 1 aromatic heterocycles. The van der Waals surface area contributed by atoms with Crippen molar-refractivity contribution in [3.05, 3.63) is 17.0 Å². The summed E-state index contributed by atoms with van der Waals surface area (Å²) in [5.74, 6) is 0. The van der Waals surface area contributed by atoms with Crippen molar-refractivity contribution in [1.82, 2.24) is 20.4 Å². The zero-order valence-corrected chi connectivity index (χ0v) is 12.0. The monoisotopic (exact) mass is 252 g/mol. The Morgan fingerprint density at radius 1 is 1.39 bits per heavy atom. The quantitative estimate of drug-likeness (QED) is 0.843. The van der Waals surface area contributed by atoms with Gasteiger partial charge in [0, 0.05) is 30.4 Å². The van der Waals surface area contributed by atoms with Gasteiger partial charge >= 0.3 is 6.03 Å². The summed E-state index contributed by atoms with van der Waals surface area (Å²) in [6.07, 6.45) is 0.930. The lowest BCUT2D eigenvalue weighted by Gasteiger charge is -2.12. The lowest BCUT2D eigenvalue weighted by molar-refractivity contribution is 0.237. The fourth-order valence-electron chi connectivity index (χ4n) is 1.84. The summed E-state index contributed by atoms with van der Waals surface area (Å²) in [6.45, 7) is 11.5. The van der Waals surface area contributed by atoms with Crippen LogP contribution >= 0.6 is 0 Å². The molecule has 0 aliphatic carbocycles. The largest absolute Gasteiger partial charge is 0.336 e. The first-order valence-corrected chi connectivity index (χ1v) is 6.56. The Balaban J connectivity index is 2.58. The number of aryl methyl sites for hydroxylation is 2. The average Bonchev–Trinajstić information content (AvgIpc) is 2.61. The minimum Gasteiger partial charge on any atom is -0.336 e. The molecule has 0 aromatic carbocycles. The van der Waals surface area contributed by atoms with E-state index in [9.17, 15) is 4.79 Å². The molecular formula is C13H24N4O. The van der Waals surface area contributed by atoms with Gasteiger partial charge in [-0.25, -0.2) is 4.79 Å². The van der Waals surface area contributed by atoms with E-state index in [2.05, 4.69) is 22.7 Å². The number of carbonyl (C=O) groups is 1. The molecule has 1 heterocycles. The predicted molar refractivity (Wildman–Crippen MR) is 72.5 cm³/mol. The van der Waals surface area contributed by atoms with Crippen molar-refractivity contribution >= 4 is 6.03 Å². The minimum atomic E-state index is -0.118. The molecule has 0 aliphatic rings. The number of hydrogen-bond acceptors (Lipinski definition) is 2. The summed E-state index contributed by atoms with van der Waals surface area (Å²) in [6, 6.07) is 0.0814. The fraction of sp³-hybridized carbons (Fsp3) is 0.692. The number of amides is 2. The first-order chi connectivity index (χ1) is 8.49. The van der Waals surface area contributed by atoms with Gasteiger partial charge in [-0.3, -0.25) is 4.68 Å². The van der Waals surface area contributed by atoms with Gasteiger partial charge in [0.25, 0.3) is 0 Å². The number of rotatable bonds is 5. The van der Waals surface area contributed by atoms with Crippen molar-refractivity contribution in [1.29, 1.82) is 0 Å². The Bertz CT molecular complexity index is 411. The summed E-state index contributed by atoms with van der Waals surface area (Å²) in [7, 11) is 0. The molecule has 0 bridgehead atoms. The second-order valence-corrected chi connectivity index (χ2v) is 4.60. The molecule has 5 nitrogen and oxygen atoms in total. The first-order valence-electron chi connectivity index (χ1n) is 6.56. The molecule has 0 fully saturated rings. The van der Waals surface area contributed by atoms with Gasteiger partial charge in [0.1, 0.15) is 0 Å². The Morgan fingerprint density at radius 2 is 2.06 bits per heavy atom. The second-order valence-electron chi connectivity index (χ2n) is 4.60. The van der Waals surface area contributed by atoms with Gasteiger partial charge in [0.2, 0.25) is 0 Å². The Morgan fingerprint density at radius 3 is 2.56 bits per heavy atom. The van der Waals surface area contributed by atoms with Gasteiger partial charge in [-0.1, -0.05) is 6.92 Å². The van der Waals surface area contributed by atoms with Crippen LogP contribution in [0.5, 0.6) is 0 Å². The van der Waals surface area contributed by atoms with E-state index in [1.807, 2.05) is 32.4 Å². The minimum absolute atomic E-state index is 0.118. The maximum atomic E-state index is 11.6. The van der Waals surface area contributed by atoms with Crippen LogP contribution in [0.2, 0.25) is 0 Å². The van der Waals surface area contributed by atoms with Crippen LogP contribution in [-0.4, -0.2) is 21.9 Å². The maximum Gasteiger partial charge on any atom is 0.315 e. The number of hydrogen-bond donors (Lipinski definition) is 2. The molecule has 102 valence electrons. The third-order valence-corrected chi connectivity index (χ3v) is 3.25. The smallest absolute Gasteiger partial charge is 0.315 e. The van der Waals surface area contributed by atoms with Crippen LogP contribution in [0.3, 0.4) is 0 Å². The third kappa shape index (κ3) is 3.48. The van der Waals surface area contributed by atoms with Gasteiger partial charge in [-0.15, -0.1) is 0 Å². The van der Waals surface area contributed by atoms with Crippen molar-refractivity contribution in [2.45, 2.75) is 60.2 Å². The van der Waals surface area contributed by atoms with Gasteiger partial charge in [0.05, 0.1) is 5.69 Å². The van der Waals surface area contributed by atoms with Crippen LogP contribution in [-0.2, 0) is 13.1 Å². The van der Waals surface area contributed by atoms with Crippen molar-refractivity contribution in [3.8, 4) is 0 Å². The van der Waals surface area contributed by atoms with Crippen molar-refractivity contribution < 1.29 is 4.79 Å². The maximum absolute atomic E-state index is 11.6. The highest BCUT2D eigenvalue weighted by Crippen LogP contribution is 2.12. The third-order valence-electron chi connectivity index (χ3n) is 3.25. The van der Waals surface area contributed by atoms with Gasteiger partial charge in [-0.2, -0.15) is 5.10 Å². The summed E-state index contributed by atoms with van der Waals surface area (Å²) >= 11 is 0. The molecule has 0 saturated carbocycles. The average molecular weight is 252 g/mol. The highest BCUT2D eigenvalue weighted by molar-refractivity contribution is 5.74. The highest BCUT2D eigenvalue weighted by atomic mass is 16.2. The summed E-state index contributed by atoms with van der Waals surface area (Å²) < 4.78 is 1.96. The molecule has 1 rings (SSSR count). The fourth-order valence-corrected chi connectivity index (χ4v) is 1.84. The van der Waals surface area contributed by atoms with E-state index in [1.54, 1.807) is 0 Å². The van der Waals surface area contributed by atoms with Gasteiger partial charge in [-0.05, 0) is 34.1 Å². The lowest BCUT2D eigenvalue weighted by atomic mass is 10.2. The Hall–Kier alpha value is -1.52. The molecule has 0 spiro atoms. The van der Waals surface area contributed by atoms with Crippen LogP contribution in [0.25, 0.3) is 0 Å². The molecule has 0 saturated heterocycles. The van der Waals surface area contributed by atoms with E-state index in [1.165, 1.54) is 0 Å². The second kappa shape index (κ2) is 6.42. The number of carbonyl (C=O) groups excluding carboxylic acids is 1. The summed E-state index contributed by atoms with van der Waals surface area (Å²) in [4.78, 5) is 11.6. The highest BCUT2D eigenvalue weighted by Gasteiger charge is 2.12. The zero-order chi connectivity index (χ0) is 13.7. The van der Waals surface area contributed by atoms with Crippen LogP contribution in [0.15, 0.2) is 0 Å². The topological polar surface area (TPSA) is 59.0 Å². The molecule has 0 radical (unpaired) electrons. The van der Waals surface area contributed by atoms with E-state index >= 15 is 0 Å². The molecule has 5 heteroatoms. The first kappa shape index (κ1) is 14.5. The van der Waals surface area contributed by atoms with Crippen LogP contribution in [0.1, 0.15) is 44.1 Å². The number of nitrogens with one attached hydrogen (secondary N) is 2. The molecule has 1 atom stereocenters. The Labute approximate surface area is 109 Å². The van der Waals surface area contributed by atoms with E-state index in [0.717, 1.165) is 29.9 Å². The Kier molecular flexibility index (Phi) is 5.19. The van der Waals surface area contributed by atoms with E-state index in [4.69, 9.17) is 0 Å². The predicted octanol–water partition coefficient (Wildman–Crippen LogP) is 2.12. The normalized spacial score (nSPS) is 12.3. The summed E-state index contributed by atoms with van der Waals surface area (Å²) in [5.41, 5.74) is 3.22. The lowest BCUT2D eigenvalue weighted by Crippen LogP contribution is -2.40. The zero-order valence-electron chi connectivity index (χ0n) is 12.0. The van der Waals surface area contributed by atoms with Crippen molar-refractivity contribution in [2.24, 2.45) is 0 Å². The molecule has 0 aliphatic heterocycles. The number of nitrogens with zero attached hydrogens (tertiary/aromatic N) is 2. The van der Waals surface area contributed by atoms with E-state index in [-0.39, 0.29) is 12.1 Å². The SMILES string of the molecule is CC[C@H](C)NC(=O)NCc1c(C)nn(CC)c1C. The molecule has 0 unspecified atom stereocenters. The molecule has 18 heavy (non-hydrogen) atoms. The van der Waals surface area contributed by atoms with Crippen molar-refractivity contribution in [2.75, 3.05) is 0 Å². The van der Waals surface area contributed by atoms with Crippen LogP contribution < -0.4 is 10.6 Å². The van der Waals surface area contributed by atoms with Crippen molar-refractivity contribution in [3.63, 3.8) is 0 Å². The van der Waals surface area contributed by atoms with Crippen LogP contribution in [0, 0.1) is 13.8 Å². The standard InChI is InChI=1S/C13H24N4O/c1-6-9(3)15-13(18)14-8-12-10(4)16-17(7-2)11(12)5/h9H,6-8H2,1-5H3,(H2,14,15,18)/t9-/m0/s1. The van der Waals surface area contributed by atoms with Gasteiger partial charge in [0.15, 0.2) is 0 Å².